The van der Waals surface area contributed by atoms with Crippen molar-refractivity contribution in [1.29, 1.82) is 0 Å². The Morgan fingerprint density at radius 2 is 1.92 bits per heavy atom. The fourth-order valence-electron chi connectivity index (χ4n) is 1.19. The molecule has 0 aliphatic carbocycles. The maximum absolute atomic E-state index is 8.91. The Hall–Kier alpha value is -0.515. The van der Waals surface area contributed by atoms with E-state index in [0.717, 1.165) is 18.1 Å². The van der Waals surface area contributed by atoms with Gasteiger partial charge in [0.15, 0.2) is 0 Å². The van der Waals surface area contributed by atoms with Gasteiger partial charge in [-0.3, -0.25) is 0 Å². The first-order chi connectivity index (χ1) is 6.19. The molecule has 3 nitrogen and oxygen atoms in total. The molecule has 0 bridgehead atoms. The van der Waals surface area contributed by atoms with E-state index in [9.17, 15) is 0 Å². The molecule has 0 saturated heterocycles. The third kappa shape index (κ3) is 2.46. The molecule has 0 radical (unpaired) electrons. The molecule has 0 aliphatic rings. The summed E-state index contributed by atoms with van der Waals surface area (Å²) in [6, 6.07) is 3.68. The second-order valence-electron chi connectivity index (χ2n) is 2.72. The highest BCUT2D eigenvalue weighted by Crippen LogP contribution is 2.19. The van der Waals surface area contributed by atoms with Gasteiger partial charge in [0.1, 0.15) is 0 Å². The summed E-state index contributed by atoms with van der Waals surface area (Å²) in [4.78, 5) is 2.18. The molecule has 0 spiro atoms. The predicted molar refractivity (Wildman–Crippen MR) is 57.7 cm³/mol. The molecular formula is C8H14BNO2S. The monoisotopic (exact) mass is 199 g/mol. The summed E-state index contributed by atoms with van der Waals surface area (Å²) in [6.45, 7) is 6.05. The van der Waals surface area contributed by atoms with Crippen LogP contribution in [0.2, 0.25) is 0 Å². The molecule has 2 N–H and O–H groups in total. The van der Waals surface area contributed by atoms with Gasteiger partial charge in [0.2, 0.25) is 0 Å². The lowest BCUT2D eigenvalue weighted by molar-refractivity contribution is 0.427. The highest BCUT2D eigenvalue weighted by molar-refractivity contribution is 7.25. The predicted octanol–water partition coefficient (Wildman–Crippen LogP) is 0.274. The zero-order chi connectivity index (χ0) is 9.84. The van der Waals surface area contributed by atoms with Gasteiger partial charge in [-0.1, -0.05) is 0 Å². The molecule has 1 heterocycles. The van der Waals surface area contributed by atoms with Crippen LogP contribution in [0.25, 0.3) is 0 Å². The molecule has 0 atom stereocenters. The van der Waals surface area contributed by atoms with Gasteiger partial charge in [-0.15, -0.1) is 11.3 Å². The van der Waals surface area contributed by atoms with Crippen molar-refractivity contribution in [3.8, 4) is 0 Å². The van der Waals surface area contributed by atoms with Gasteiger partial charge in [-0.25, -0.2) is 0 Å². The normalized spacial score (nSPS) is 10.2. The summed E-state index contributed by atoms with van der Waals surface area (Å²) < 4.78 is 0.599. The Bertz CT molecular complexity index is 260. The van der Waals surface area contributed by atoms with Crippen molar-refractivity contribution < 1.29 is 10.0 Å². The fourth-order valence-corrected chi connectivity index (χ4v) is 2.19. The van der Waals surface area contributed by atoms with E-state index < -0.39 is 7.12 Å². The molecule has 0 unspecified atom stereocenters. The van der Waals surface area contributed by atoms with Gasteiger partial charge in [-0.05, 0) is 26.0 Å². The van der Waals surface area contributed by atoms with Crippen LogP contribution in [-0.2, 0) is 0 Å². The summed E-state index contributed by atoms with van der Waals surface area (Å²) in [5.74, 6) is 0. The van der Waals surface area contributed by atoms with Crippen molar-refractivity contribution in [3.05, 3.63) is 12.1 Å². The van der Waals surface area contributed by atoms with E-state index >= 15 is 0 Å². The molecule has 5 heteroatoms. The van der Waals surface area contributed by atoms with Crippen molar-refractivity contribution >= 4 is 28.2 Å². The summed E-state index contributed by atoms with van der Waals surface area (Å²) in [5.41, 5.74) is 0. The number of anilines is 1. The van der Waals surface area contributed by atoms with Crippen molar-refractivity contribution in [2.24, 2.45) is 0 Å². The zero-order valence-electron chi connectivity index (χ0n) is 7.90. The summed E-state index contributed by atoms with van der Waals surface area (Å²) in [5, 5.41) is 18.9. The van der Waals surface area contributed by atoms with Gasteiger partial charge < -0.3 is 14.9 Å². The van der Waals surface area contributed by atoms with Crippen LogP contribution in [0.5, 0.6) is 0 Å². The maximum atomic E-state index is 8.91. The van der Waals surface area contributed by atoms with Crippen LogP contribution in [-0.4, -0.2) is 30.3 Å². The lowest BCUT2D eigenvalue weighted by atomic mass is 9.90. The van der Waals surface area contributed by atoms with Crippen LogP contribution >= 0.6 is 11.3 Å². The number of thiophene rings is 1. The van der Waals surface area contributed by atoms with E-state index in [1.807, 2.05) is 6.07 Å². The zero-order valence-corrected chi connectivity index (χ0v) is 8.71. The molecule has 1 rings (SSSR count). The molecule has 0 fully saturated rings. The second kappa shape index (κ2) is 4.65. The Morgan fingerprint density at radius 1 is 1.31 bits per heavy atom. The van der Waals surface area contributed by atoms with E-state index in [2.05, 4.69) is 18.7 Å². The van der Waals surface area contributed by atoms with Crippen molar-refractivity contribution in [1.82, 2.24) is 0 Å². The SMILES string of the molecule is CCN(CC)c1ccc(B(O)O)s1. The van der Waals surface area contributed by atoms with E-state index in [1.165, 1.54) is 11.3 Å². The van der Waals surface area contributed by atoms with Gasteiger partial charge in [0.05, 0.1) is 5.00 Å². The van der Waals surface area contributed by atoms with Crippen LogP contribution in [0.15, 0.2) is 12.1 Å². The molecule has 0 aliphatic heterocycles. The largest absolute Gasteiger partial charge is 0.499 e. The minimum atomic E-state index is -1.34. The number of hydrogen-bond donors (Lipinski definition) is 2. The average Bonchev–Trinajstić information content (AvgIpc) is 2.56. The van der Waals surface area contributed by atoms with Gasteiger partial charge in [0, 0.05) is 17.9 Å². The Morgan fingerprint density at radius 3 is 2.31 bits per heavy atom. The smallest absolute Gasteiger partial charge is 0.423 e. The number of rotatable bonds is 4. The van der Waals surface area contributed by atoms with E-state index in [1.54, 1.807) is 6.07 Å². The standard InChI is InChI=1S/C8H14BNO2S/c1-3-10(4-2)8-6-5-7(13-8)9(11)12/h5-6,11-12H,3-4H2,1-2H3. The molecule has 0 saturated carbocycles. The highest BCUT2D eigenvalue weighted by atomic mass is 32.1. The molecule has 72 valence electrons. The topological polar surface area (TPSA) is 43.7 Å². The third-order valence-electron chi connectivity index (χ3n) is 1.94. The Kier molecular flexibility index (Phi) is 3.78. The molecule has 1 aromatic rings. The first kappa shape index (κ1) is 10.6. The summed E-state index contributed by atoms with van der Waals surface area (Å²) in [7, 11) is -1.34. The van der Waals surface area contributed by atoms with E-state index in [4.69, 9.17) is 10.0 Å². The lowest BCUT2D eigenvalue weighted by Crippen LogP contribution is -2.26. The van der Waals surface area contributed by atoms with Crippen LogP contribution < -0.4 is 9.68 Å². The van der Waals surface area contributed by atoms with E-state index in [-0.39, 0.29) is 0 Å². The highest BCUT2D eigenvalue weighted by Gasteiger charge is 2.15. The Labute approximate surface area is 82.8 Å². The van der Waals surface area contributed by atoms with Crippen LogP contribution in [0, 0.1) is 0 Å². The molecule has 1 aromatic heterocycles. The van der Waals surface area contributed by atoms with Crippen LogP contribution in [0.3, 0.4) is 0 Å². The molecule has 13 heavy (non-hydrogen) atoms. The first-order valence-corrected chi connectivity index (χ1v) is 5.21. The maximum Gasteiger partial charge on any atom is 0.499 e. The minimum absolute atomic E-state index is 0.599. The average molecular weight is 199 g/mol. The van der Waals surface area contributed by atoms with Crippen molar-refractivity contribution in [2.75, 3.05) is 18.0 Å². The van der Waals surface area contributed by atoms with Gasteiger partial charge in [-0.2, -0.15) is 0 Å². The minimum Gasteiger partial charge on any atom is -0.423 e. The van der Waals surface area contributed by atoms with Crippen molar-refractivity contribution in [2.45, 2.75) is 13.8 Å². The van der Waals surface area contributed by atoms with Gasteiger partial charge >= 0.3 is 7.12 Å². The van der Waals surface area contributed by atoms with Crippen LogP contribution in [0.1, 0.15) is 13.8 Å². The van der Waals surface area contributed by atoms with Gasteiger partial charge in [0.25, 0.3) is 0 Å². The Balaban J connectivity index is 2.78. The second-order valence-corrected chi connectivity index (χ2v) is 3.82. The fraction of sp³-hybridized carbons (Fsp3) is 0.500. The van der Waals surface area contributed by atoms with E-state index in [0.29, 0.717) is 4.78 Å². The lowest BCUT2D eigenvalue weighted by Gasteiger charge is -2.17. The first-order valence-electron chi connectivity index (χ1n) is 4.39. The molecule has 0 aromatic carbocycles. The number of nitrogens with zero attached hydrogens (tertiary/aromatic N) is 1. The quantitative estimate of drug-likeness (QED) is 0.684. The number of hydrogen-bond acceptors (Lipinski definition) is 4. The molecule has 0 amide bonds. The van der Waals surface area contributed by atoms with Crippen molar-refractivity contribution in [3.63, 3.8) is 0 Å². The molecular weight excluding hydrogens is 185 g/mol. The summed E-state index contributed by atoms with van der Waals surface area (Å²) in [6.07, 6.45) is 0. The van der Waals surface area contributed by atoms with Crippen LogP contribution in [0.4, 0.5) is 5.00 Å². The summed E-state index contributed by atoms with van der Waals surface area (Å²) >= 11 is 1.42. The third-order valence-corrected chi connectivity index (χ3v) is 3.13.